The van der Waals surface area contributed by atoms with E-state index in [1.165, 1.54) is 63.3 Å². The number of fused-ring (bicyclic) bond motifs is 2. The number of ether oxygens (including phenoxy) is 8. The maximum absolute atomic E-state index is 15.8. The van der Waals surface area contributed by atoms with Crippen LogP contribution in [-0.2, 0) is 70.1 Å². The summed E-state index contributed by atoms with van der Waals surface area (Å²) in [5.41, 5.74) is 4.41. The zero-order chi connectivity index (χ0) is 78.3. The summed E-state index contributed by atoms with van der Waals surface area (Å²) in [6.07, 6.45) is -8.32. The van der Waals surface area contributed by atoms with Crippen LogP contribution in [0.2, 0.25) is 0 Å². The van der Waals surface area contributed by atoms with Gasteiger partial charge in [0.15, 0.2) is 52.3 Å². The van der Waals surface area contributed by atoms with E-state index in [0.29, 0.717) is 36.9 Å². The van der Waals surface area contributed by atoms with Gasteiger partial charge >= 0.3 is 43.8 Å². The molecule has 3 fully saturated rings. The molecule has 3 aliphatic rings. The number of anilines is 2. The van der Waals surface area contributed by atoms with E-state index >= 15 is 8.78 Å². The number of nitrogens with one attached hydrogen (secondary N) is 4. The molecule has 0 radical (unpaired) electrons. The van der Waals surface area contributed by atoms with Crippen molar-refractivity contribution in [1.29, 1.82) is 0 Å². The summed E-state index contributed by atoms with van der Waals surface area (Å²) in [6, 6.07) is -1.67. The highest BCUT2D eigenvalue weighted by atomic mass is 32.7. The number of aliphatic hydroxyl groups excluding tert-OH is 3. The normalized spacial score (nSPS) is 27.0. The van der Waals surface area contributed by atoms with Gasteiger partial charge in [-0.3, -0.25) is 51.6 Å². The molecule has 8 heterocycles. The van der Waals surface area contributed by atoms with Gasteiger partial charge in [-0.1, -0.05) is 54.9 Å². The van der Waals surface area contributed by atoms with E-state index in [-0.39, 0.29) is 65.3 Å². The number of alkyl halides is 2. The summed E-state index contributed by atoms with van der Waals surface area (Å²) in [7, 11) is 0. The zero-order valence-corrected chi connectivity index (χ0v) is 65.8. The molecule has 5 aromatic heterocycles. The third-order valence-electron chi connectivity index (χ3n) is 15.5. The van der Waals surface area contributed by atoms with E-state index in [2.05, 4.69) is 50.1 Å². The SMILES string of the molecule is CCCSP(=O)(NC(C)C(=O)OC(C)C)OC[C@H]1O[C@@H](n2ccc(=O)[nH]c2=O)[C@](C)(O)[C@@H]1O.CCOC(=O)[C@H](C)N[P@@](=O)(OC[C@H]1O[C@@H](n2cnc3c(OCC)nc(N)nc32)[C@](C)(F)[C@@H]1O)SCC.CCOC(=O)[C@H](C)N[P@](=O)(OC[C@H]1O[C@@H](n2cnc3c(OCC)nc(N)nc32)[C@](C)(F)[C@@H]1O)SCC. The smallest absolute Gasteiger partial charge is 0.330 e. The van der Waals surface area contributed by atoms with E-state index < -0.39 is 160 Å². The fraction of sp³-hybridized carbons (Fsp3) is 0.712. The van der Waals surface area contributed by atoms with Gasteiger partial charge in [0, 0.05) is 29.5 Å². The first-order chi connectivity index (χ1) is 49.2. The van der Waals surface area contributed by atoms with Crippen molar-refractivity contribution in [3.63, 3.8) is 0 Å². The van der Waals surface area contributed by atoms with Gasteiger partial charge in [0.05, 0.1) is 65.0 Å². The monoisotopic (exact) mass is 1610 g/mol. The number of nitrogens with zero attached hydrogens (tertiary/aromatic N) is 9. The van der Waals surface area contributed by atoms with Crippen molar-refractivity contribution < 1.29 is 109 Å². The van der Waals surface area contributed by atoms with Crippen LogP contribution in [-0.4, -0.2) is 228 Å². The summed E-state index contributed by atoms with van der Waals surface area (Å²) < 4.78 is 135. The van der Waals surface area contributed by atoms with E-state index in [9.17, 15) is 58.1 Å². The van der Waals surface area contributed by atoms with Crippen LogP contribution < -0.4 is 47.5 Å². The predicted molar refractivity (Wildman–Crippen MR) is 385 cm³/mol. The summed E-state index contributed by atoms with van der Waals surface area (Å²) in [5.74, 6) is -0.437. The Morgan fingerprint density at radius 2 is 1.00 bits per heavy atom. The highest BCUT2D eigenvalue weighted by Crippen LogP contribution is 2.59. The van der Waals surface area contributed by atoms with Gasteiger partial charge in [0.25, 0.3) is 5.56 Å². The molecule has 5 aromatic rings. The Morgan fingerprint density at radius 3 is 1.37 bits per heavy atom. The number of esters is 3. The quantitative estimate of drug-likeness (QED) is 0.0142. The molecule has 2 unspecified atom stereocenters. The van der Waals surface area contributed by atoms with E-state index in [4.69, 9.17) is 62.9 Å². The van der Waals surface area contributed by atoms with Crippen molar-refractivity contribution >= 4 is 106 Å². The molecule has 3 aliphatic heterocycles. The second-order valence-electron chi connectivity index (χ2n) is 24.3. The summed E-state index contributed by atoms with van der Waals surface area (Å²) in [6.45, 7) is 12.5. The maximum Gasteiger partial charge on any atom is 0.330 e. The number of aromatic nitrogens is 10. The van der Waals surface area contributed by atoms with Crippen molar-refractivity contribution in [2.75, 3.05) is 75.0 Å². The van der Waals surface area contributed by atoms with Gasteiger partial charge in [-0.05, 0) is 89.5 Å². The topological polar surface area (TPSA) is 515 Å². The molecule has 12 N–H and O–H groups in total. The minimum absolute atomic E-state index is 0.106. The first kappa shape index (κ1) is 88.4. The van der Waals surface area contributed by atoms with Gasteiger partial charge in [0.1, 0.15) is 60.4 Å². The largest absolute Gasteiger partial charge is 0.476 e. The van der Waals surface area contributed by atoms with Crippen LogP contribution >= 0.6 is 54.3 Å². The lowest BCUT2D eigenvalue weighted by atomic mass is 9.96. The predicted octanol–water partition coefficient (Wildman–Crippen LogP) is 5.17. The molecule has 0 bridgehead atoms. The average Bonchev–Trinajstić information content (AvgIpc) is 1.61. The Balaban J connectivity index is 0.000000247. The zero-order valence-electron chi connectivity index (χ0n) is 60.6. The fourth-order valence-corrected chi connectivity index (χ4v) is 21.6. The summed E-state index contributed by atoms with van der Waals surface area (Å²) >= 11 is 2.91. The number of rotatable bonds is 35. The first-order valence-corrected chi connectivity index (χ1v) is 43.1. The Bertz CT molecular complexity index is 3840. The Hall–Kier alpha value is -5.53. The van der Waals surface area contributed by atoms with Gasteiger partial charge in [-0.25, -0.2) is 38.8 Å². The molecule has 592 valence electrons. The van der Waals surface area contributed by atoms with Crippen LogP contribution in [0.4, 0.5) is 20.7 Å². The fourth-order valence-electron chi connectivity index (χ4n) is 10.5. The molecule has 0 aliphatic carbocycles. The third-order valence-corrected chi connectivity index (χ3v) is 28.3. The highest BCUT2D eigenvalue weighted by Gasteiger charge is 2.58. The molecule has 46 heteroatoms. The second-order valence-corrected chi connectivity index (χ2v) is 37.9. The second kappa shape index (κ2) is 38.2. The van der Waals surface area contributed by atoms with E-state index in [1.807, 2.05) is 6.92 Å². The Morgan fingerprint density at radius 1 is 0.610 bits per heavy atom. The van der Waals surface area contributed by atoms with E-state index in [0.717, 1.165) is 51.0 Å². The molecule has 0 saturated carbocycles. The molecule has 3 saturated heterocycles. The van der Waals surface area contributed by atoms with Crippen LogP contribution in [0, 0.1) is 0 Å². The van der Waals surface area contributed by atoms with Crippen molar-refractivity contribution in [3.8, 4) is 11.8 Å². The number of carbonyl (C=O) groups is 3. The molecule has 38 nitrogen and oxygen atoms in total. The summed E-state index contributed by atoms with van der Waals surface area (Å²) in [4.78, 5) is 86.3. The lowest BCUT2D eigenvalue weighted by molar-refractivity contribution is -0.149. The molecule has 18 atom stereocenters. The van der Waals surface area contributed by atoms with Crippen LogP contribution in [0.5, 0.6) is 11.8 Å². The van der Waals surface area contributed by atoms with Crippen molar-refractivity contribution in [3.05, 3.63) is 45.8 Å². The van der Waals surface area contributed by atoms with Crippen LogP contribution in [0.25, 0.3) is 22.3 Å². The number of aliphatic hydroxyl groups is 4. The van der Waals surface area contributed by atoms with Crippen LogP contribution in [0.15, 0.2) is 34.5 Å². The van der Waals surface area contributed by atoms with Gasteiger partial charge in [-0.2, -0.15) is 19.9 Å². The maximum atomic E-state index is 15.8. The molecular formula is C59H96F2N15O23P3S3. The standard InChI is InChI=1S/2C20H32FN6O7PS.C19H32N3O9PS/c2*1-6-31-16-13-15(24-19(22)25-16)27(10-23-13)18-20(5,21)14(28)12(34-18)9-33-35(30,36-8-3)26-11(4)17(29)32-7-2;1-6-9-33-32(28,21-12(4)16(25)30-11(2)3)29-10-13-15(24)19(5,27)17(31-13)22-8-7-14(23)20-18(22)26/h2*10-12,14,18,28H,6-9H2,1-5H3,(H,26,30)(H2,22,24,25);7-8,11-13,15,17,24,27H,6,9-10H2,1-5H3,(H,21,28)(H,20,23,26)/t11-,12+,14+,18+,20+,35+;11-,12+,14+,18+,20+,35-;12?,13-,15-,17-,19-,32?/m001/s1. The number of hydrogen-bond acceptors (Lipinski definition) is 34. The molecule has 0 spiro atoms. The van der Waals surface area contributed by atoms with Crippen molar-refractivity contribution in [2.24, 2.45) is 0 Å². The molecule has 0 aromatic carbocycles. The summed E-state index contributed by atoms with van der Waals surface area (Å²) in [5, 5.41) is 50.8. The van der Waals surface area contributed by atoms with Crippen molar-refractivity contribution in [2.45, 2.75) is 207 Å². The molecule has 0 amide bonds. The average molecular weight is 1610 g/mol. The molecule has 105 heavy (non-hydrogen) atoms. The number of hydrogen-bond donors (Lipinski definition) is 10. The number of carbonyl (C=O) groups excluding carboxylic acids is 3. The number of imidazole rings is 2. The third kappa shape index (κ3) is 22.1. The lowest BCUT2D eigenvalue weighted by Gasteiger charge is -2.27. The first-order valence-electron chi connectivity index (χ1n) is 33.5. The van der Waals surface area contributed by atoms with E-state index in [1.54, 1.807) is 55.4 Å². The lowest BCUT2D eigenvalue weighted by Crippen LogP contribution is -2.46. The van der Waals surface area contributed by atoms with Gasteiger partial charge in [0.2, 0.25) is 23.7 Å². The number of nitrogens with two attached hydrogens (primary N) is 2. The number of halogens is 2. The molecule has 8 rings (SSSR count). The van der Waals surface area contributed by atoms with Crippen LogP contribution in [0.3, 0.4) is 0 Å². The number of H-pyrrole nitrogens is 1. The Labute approximate surface area is 615 Å². The number of nitrogen functional groups attached to an aromatic ring is 2. The van der Waals surface area contributed by atoms with Crippen molar-refractivity contribution in [1.82, 2.24) is 63.9 Å². The van der Waals surface area contributed by atoms with Crippen LogP contribution in [0.1, 0.15) is 129 Å². The minimum Gasteiger partial charge on any atom is -0.476 e. The van der Waals surface area contributed by atoms with Gasteiger partial charge in [-0.15, -0.1) is 0 Å². The van der Waals surface area contributed by atoms with Gasteiger partial charge < -0.3 is 83.4 Å². The highest BCUT2D eigenvalue weighted by molar-refractivity contribution is 8.56. The minimum atomic E-state index is -3.64. The Kier molecular flexibility index (Phi) is 32.2. The molecular weight excluding hydrogens is 1510 g/mol. The number of aromatic amines is 1.